The lowest BCUT2D eigenvalue weighted by atomic mass is 10.1. The van der Waals surface area contributed by atoms with Gasteiger partial charge < -0.3 is 9.47 Å². The quantitative estimate of drug-likeness (QED) is 0.773. The fraction of sp³-hybridized carbons (Fsp3) is 0.462. The van der Waals surface area contributed by atoms with E-state index in [0.717, 1.165) is 0 Å². The first-order chi connectivity index (χ1) is 9.07. The Bertz CT molecular complexity index is 531. The van der Waals surface area contributed by atoms with E-state index in [2.05, 4.69) is 4.74 Å². The Balaban J connectivity index is 2.40. The van der Waals surface area contributed by atoms with Crippen molar-refractivity contribution in [2.45, 2.75) is 16.6 Å². The largest absolute Gasteiger partial charge is 0.468 e. The van der Waals surface area contributed by atoms with Crippen LogP contribution >= 0.6 is 0 Å². The standard InChI is InChI=1S/C13H16O5S/c1-17-13(14)12(10-7-8-18-9-10)19(15,16)11-5-3-2-4-6-11/h2-6,10,12H,7-9H2,1H3/t10-,12?/m1/s1. The summed E-state index contributed by atoms with van der Waals surface area (Å²) in [4.78, 5) is 12.0. The normalized spacial score (nSPS) is 21.0. The first kappa shape index (κ1) is 14.0. The summed E-state index contributed by atoms with van der Waals surface area (Å²) in [6.45, 7) is 0.744. The number of benzene rings is 1. The molecule has 5 nitrogen and oxygen atoms in total. The number of sulfone groups is 1. The highest BCUT2D eigenvalue weighted by Gasteiger charge is 2.42. The number of rotatable bonds is 4. The third kappa shape index (κ3) is 2.79. The molecule has 1 saturated heterocycles. The van der Waals surface area contributed by atoms with Crippen LogP contribution in [0.5, 0.6) is 0 Å². The van der Waals surface area contributed by atoms with Gasteiger partial charge in [-0.25, -0.2) is 8.42 Å². The minimum absolute atomic E-state index is 0.136. The zero-order chi connectivity index (χ0) is 13.9. The van der Waals surface area contributed by atoms with E-state index in [1.54, 1.807) is 18.2 Å². The van der Waals surface area contributed by atoms with Gasteiger partial charge in [0.05, 0.1) is 18.6 Å². The molecule has 1 aromatic rings. The first-order valence-corrected chi connectivity index (χ1v) is 7.56. The summed E-state index contributed by atoms with van der Waals surface area (Å²) in [7, 11) is -2.55. The molecule has 19 heavy (non-hydrogen) atoms. The average molecular weight is 284 g/mol. The minimum Gasteiger partial charge on any atom is -0.468 e. The smallest absolute Gasteiger partial charge is 0.324 e. The van der Waals surface area contributed by atoms with E-state index >= 15 is 0 Å². The molecule has 1 aliphatic heterocycles. The summed E-state index contributed by atoms with van der Waals surface area (Å²) < 4.78 is 35.0. The summed E-state index contributed by atoms with van der Waals surface area (Å²) in [5.41, 5.74) is 0. The van der Waals surface area contributed by atoms with Crippen LogP contribution in [0.2, 0.25) is 0 Å². The average Bonchev–Trinajstić information content (AvgIpc) is 2.93. The van der Waals surface area contributed by atoms with Gasteiger partial charge in [-0.3, -0.25) is 4.79 Å². The molecule has 0 aliphatic carbocycles. The van der Waals surface area contributed by atoms with Crippen LogP contribution in [0.15, 0.2) is 35.2 Å². The number of ether oxygens (including phenoxy) is 2. The van der Waals surface area contributed by atoms with Crippen molar-refractivity contribution < 1.29 is 22.7 Å². The van der Waals surface area contributed by atoms with E-state index in [-0.39, 0.29) is 17.4 Å². The molecular weight excluding hydrogens is 268 g/mol. The monoisotopic (exact) mass is 284 g/mol. The zero-order valence-electron chi connectivity index (χ0n) is 10.6. The van der Waals surface area contributed by atoms with Gasteiger partial charge in [-0.05, 0) is 18.6 Å². The molecule has 1 unspecified atom stereocenters. The third-order valence-corrected chi connectivity index (χ3v) is 5.41. The van der Waals surface area contributed by atoms with Crippen molar-refractivity contribution in [2.24, 2.45) is 5.92 Å². The van der Waals surface area contributed by atoms with Gasteiger partial charge in [-0.2, -0.15) is 0 Å². The van der Waals surface area contributed by atoms with Crippen LogP contribution in [-0.4, -0.2) is 40.0 Å². The van der Waals surface area contributed by atoms with E-state index in [1.165, 1.54) is 19.2 Å². The summed E-state index contributed by atoms with van der Waals surface area (Å²) in [6, 6.07) is 7.96. The maximum Gasteiger partial charge on any atom is 0.324 e. The van der Waals surface area contributed by atoms with Crippen LogP contribution in [0.3, 0.4) is 0 Å². The van der Waals surface area contributed by atoms with Gasteiger partial charge in [0.1, 0.15) is 0 Å². The van der Waals surface area contributed by atoms with Gasteiger partial charge in [0, 0.05) is 12.5 Å². The maximum atomic E-state index is 12.6. The fourth-order valence-electron chi connectivity index (χ4n) is 2.24. The van der Waals surface area contributed by atoms with Crippen LogP contribution in [0.1, 0.15) is 6.42 Å². The summed E-state index contributed by atoms with van der Waals surface area (Å²) >= 11 is 0. The van der Waals surface area contributed by atoms with Crippen molar-refractivity contribution in [2.75, 3.05) is 20.3 Å². The fourth-order valence-corrected chi connectivity index (χ4v) is 4.14. The van der Waals surface area contributed by atoms with Crippen LogP contribution in [-0.2, 0) is 24.1 Å². The number of hydrogen-bond acceptors (Lipinski definition) is 5. The maximum absolute atomic E-state index is 12.6. The first-order valence-electron chi connectivity index (χ1n) is 6.02. The summed E-state index contributed by atoms with van der Waals surface area (Å²) in [6.07, 6.45) is 0.547. The molecule has 1 fully saturated rings. The molecule has 0 aromatic heterocycles. The summed E-state index contributed by atoms with van der Waals surface area (Å²) in [5, 5.41) is -1.19. The molecule has 2 rings (SSSR count). The lowest BCUT2D eigenvalue weighted by Gasteiger charge is -2.20. The van der Waals surface area contributed by atoms with Gasteiger partial charge in [0.15, 0.2) is 15.1 Å². The molecule has 0 bridgehead atoms. The summed E-state index contributed by atoms with van der Waals surface area (Å²) in [5.74, 6) is -1.07. The third-order valence-electron chi connectivity index (χ3n) is 3.23. The minimum atomic E-state index is -3.75. The number of carbonyl (C=O) groups excluding carboxylic acids is 1. The second-order valence-electron chi connectivity index (χ2n) is 4.43. The predicted molar refractivity (Wildman–Crippen MR) is 68.4 cm³/mol. The highest BCUT2D eigenvalue weighted by Crippen LogP contribution is 2.28. The Kier molecular flexibility index (Phi) is 4.21. The number of carbonyl (C=O) groups is 1. The Labute approximate surface area is 112 Å². The second kappa shape index (κ2) is 5.71. The Morgan fingerprint density at radius 3 is 2.58 bits per heavy atom. The number of hydrogen-bond donors (Lipinski definition) is 0. The Morgan fingerprint density at radius 1 is 1.37 bits per heavy atom. The van der Waals surface area contributed by atoms with E-state index in [1.807, 2.05) is 0 Å². The van der Waals surface area contributed by atoms with Gasteiger partial charge >= 0.3 is 5.97 Å². The van der Waals surface area contributed by atoms with Gasteiger partial charge in [0.25, 0.3) is 0 Å². The van der Waals surface area contributed by atoms with E-state index in [9.17, 15) is 13.2 Å². The molecule has 1 heterocycles. The number of esters is 1. The van der Waals surface area contributed by atoms with Crippen molar-refractivity contribution in [1.29, 1.82) is 0 Å². The van der Waals surface area contributed by atoms with Gasteiger partial charge in [0.2, 0.25) is 0 Å². The van der Waals surface area contributed by atoms with Crippen LogP contribution in [0.4, 0.5) is 0 Å². The molecule has 6 heteroatoms. The van der Waals surface area contributed by atoms with E-state index in [4.69, 9.17) is 4.74 Å². The van der Waals surface area contributed by atoms with Crippen LogP contribution < -0.4 is 0 Å². The Morgan fingerprint density at radius 2 is 2.05 bits per heavy atom. The molecule has 0 radical (unpaired) electrons. The Hall–Kier alpha value is -1.40. The lowest BCUT2D eigenvalue weighted by Crippen LogP contribution is -2.38. The molecule has 1 aliphatic rings. The lowest BCUT2D eigenvalue weighted by molar-refractivity contribution is -0.141. The van der Waals surface area contributed by atoms with Crippen molar-refractivity contribution in [3.8, 4) is 0 Å². The number of methoxy groups -OCH3 is 1. The van der Waals surface area contributed by atoms with Crippen molar-refractivity contribution in [3.05, 3.63) is 30.3 Å². The molecule has 2 atom stereocenters. The molecule has 104 valence electrons. The van der Waals surface area contributed by atoms with E-state index < -0.39 is 21.1 Å². The van der Waals surface area contributed by atoms with Crippen molar-refractivity contribution in [3.63, 3.8) is 0 Å². The van der Waals surface area contributed by atoms with Gasteiger partial charge in [-0.1, -0.05) is 18.2 Å². The molecule has 1 aromatic carbocycles. The highest BCUT2D eigenvalue weighted by atomic mass is 32.2. The zero-order valence-corrected chi connectivity index (χ0v) is 11.4. The molecule has 0 saturated carbocycles. The van der Waals surface area contributed by atoms with Crippen LogP contribution in [0, 0.1) is 5.92 Å². The van der Waals surface area contributed by atoms with Crippen molar-refractivity contribution >= 4 is 15.8 Å². The topological polar surface area (TPSA) is 69.7 Å². The molecular formula is C13H16O5S. The molecule has 0 amide bonds. The SMILES string of the molecule is COC(=O)C([C@@H]1CCOC1)S(=O)(=O)c1ccccc1. The predicted octanol–water partition coefficient (Wildman–Crippen LogP) is 1.04. The van der Waals surface area contributed by atoms with Gasteiger partial charge in [-0.15, -0.1) is 0 Å². The highest BCUT2D eigenvalue weighted by molar-refractivity contribution is 7.92. The van der Waals surface area contributed by atoms with E-state index in [0.29, 0.717) is 13.0 Å². The molecule has 0 N–H and O–H groups in total. The molecule has 0 spiro atoms. The second-order valence-corrected chi connectivity index (χ2v) is 6.49. The van der Waals surface area contributed by atoms with Crippen LogP contribution in [0.25, 0.3) is 0 Å². The van der Waals surface area contributed by atoms with Crippen molar-refractivity contribution in [1.82, 2.24) is 0 Å².